The molecule has 18 heavy (non-hydrogen) atoms. The SMILES string of the molecule is Cc1c(C(C)NC(=O)CC2CCCN2)cnn1C. The lowest BCUT2D eigenvalue weighted by molar-refractivity contribution is -0.122. The number of nitrogens with zero attached hydrogens (tertiary/aromatic N) is 2. The van der Waals surface area contributed by atoms with Crippen LogP contribution in [0.5, 0.6) is 0 Å². The van der Waals surface area contributed by atoms with E-state index in [1.165, 1.54) is 6.42 Å². The molecular formula is C13H22N4O. The zero-order chi connectivity index (χ0) is 13.1. The summed E-state index contributed by atoms with van der Waals surface area (Å²) in [5.74, 6) is 0.116. The second kappa shape index (κ2) is 5.52. The highest BCUT2D eigenvalue weighted by molar-refractivity contribution is 5.77. The molecule has 0 spiro atoms. The van der Waals surface area contributed by atoms with Crippen LogP contribution in [0.4, 0.5) is 0 Å². The third-order valence-corrected chi connectivity index (χ3v) is 3.71. The first-order chi connectivity index (χ1) is 8.58. The fourth-order valence-electron chi connectivity index (χ4n) is 2.47. The van der Waals surface area contributed by atoms with Crippen LogP contribution in [0, 0.1) is 6.92 Å². The van der Waals surface area contributed by atoms with Crippen molar-refractivity contribution in [1.82, 2.24) is 20.4 Å². The average molecular weight is 250 g/mol. The van der Waals surface area contributed by atoms with Gasteiger partial charge in [-0.2, -0.15) is 5.10 Å². The molecule has 0 aromatic carbocycles. The Hall–Kier alpha value is -1.36. The highest BCUT2D eigenvalue weighted by Gasteiger charge is 2.20. The summed E-state index contributed by atoms with van der Waals surface area (Å²) in [4.78, 5) is 11.9. The molecule has 1 aromatic heterocycles. The zero-order valence-electron chi connectivity index (χ0n) is 11.4. The van der Waals surface area contributed by atoms with Gasteiger partial charge in [0.2, 0.25) is 5.91 Å². The van der Waals surface area contributed by atoms with Gasteiger partial charge in [0.25, 0.3) is 0 Å². The van der Waals surface area contributed by atoms with Gasteiger partial charge in [-0.3, -0.25) is 9.48 Å². The molecule has 5 heteroatoms. The standard InChI is InChI=1S/C13H22N4O/c1-9(12-8-15-17(3)10(12)2)16-13(18)7-11-5-4-6-14-11/h8-9,11,14H,4-7H2,1-3H3,(H,16,18). The lowest BCUT2D eigenvalue weighted by Crippen LogP contribution is -2.33. The van der Waals surface area contributed by atoms with E-state index in [4.69, 9.17) is 0 Å². The molecule has 1 aliphatic heterocycles. The average Bonchev–Trinajstić information content (AvgIpc) is 2.91. The van der Waals surface area contributed by atoms with E-state index in [2.05, 4.69) is 15.7 Å². The molecule has 2 N–H and O–H groups in total. The molecule has 1 saturated heterocycles. The minimum absolute atomic E-state index is 0.0209. The minimum atomic E-state index is 0.0209. The highest BCUT2D eigenvalue weighted by Crippen LogP contribution is 2.16. The predicted octanol–water partition coefficient (Wildman–Crippen LogP) is 1.05. The summed E-state index contributed by atoms with van der Waals surface area (Å²) in [5.41, 5.74) is 2.19. The first kappa shape index (κ1) is 13.1. The highest BCUT2D eigenvalue weighted by atomic mass is 16.1. The van der Waals surface area contributed by atoms with Crippen molar-refractivity contribution < 1.29 is 4.79 Å². The van der Waals surface area contributed by atoms with Crippen molar-refractivity contribution in [2.24, 2.45) is 7.05 Å². The van der Waals surface area contributed by atoms with Gasteiger partial charge in [-0.1, -0.05) is 0 Å². The number of carbonyl (C=O) groups is 1. The molecule has 0 radical (unpaired) electrons. The normalized spacial score (nSPS) is 20.9. The van der Waals surface area contributed by atoms with Crippen LogP contribution < -0.4 is 10.6 Å². The van der Waals surface area contributed by atoms with Crippen molar-refractivity contribution >= 4 is 5.91 Å². The number of carbonyl (C=O) groups excluding carboxylic acids is 1. The molecule has 5 nitrogen and oxygen atoms in total. The summed E-state index contributed by atoms with van der Waals surface area (Å²) in [5, 5.41) is 10.6. The summed E-state index contributed by atoms with van der Waals surface area (Å²) in [6.45, 7) is 5.06. The van der Waals surface area contributed by atoms with Crippen LogP contribution in [0.25, 0.3) is 0 Å². The van der Waals surface area contributed by atoms with Gasteiger partial charge in [-0.15, -0.1) is 0 Å². The summed E-state index contributed by atoms with van der Waals surface area (Å²) in [7, 11) is 1.91. The first-order valence-corrected chi connectivity index (χ1v) is 6.59. The number of hydrogen-bond donors (Lipinski definition) is 2. The molecule has 1 aliphatic rings. The molecule has 2 unspecified atom stereocenters. The van der Waals surface area contributed by atoms with Crippen LogP contribution in [-0.2, 0) is 11.8 Å². The van der Waals surface area contributed by atoms with Crippen LogP contribution in [0.3, 0.4) is 0 Å². The Morgan fingerprint density at radius 1 is 1.72 bits per heavy atom. The smallest absolute Gasteiger partial charge is 0.222 e. The maximum Gasteiger partial charge on any atom is 0.222 e. The maximum atomic E-state index is 11.9. The van der Waals surface area contributed by atoms with Crippen molar-refractivity contribution in [3.63, 3.8) is 0 Å². The quantitative estimate of drug-likeness (QED) is 0.839. The van der Waals surface area contributed by atoms with Gasteiger partial charge in [0, 0.05) is 30.8 Å². The van der Waals surface area contributed by atoms with Gasteiger partial charge in [0.15, 0.2) is 0 Å². The van der Waals surface area contributed by atoms with Gasteiger partial charge in [-0.05, 0) is 33.2 Å². The third-order valence-electron chi connectivity index (χ3n) is 3.71. The molecule has 1 fully saturated rings. The van der Waals surface area contributed by atoms with E-state index in [0.29, 0.717) is 12.5 Å². The lowest BCUT2D eigenvalue weighted by atomic mass is 10.1. The van der Waals surface area contributed by atoms with E-state index in [9.17, 15) is 4.79 Å². The second-order valence-electron chi connectivity index (χ2n) is 5.10. The molecule has 0 bridgehead atoms. The van der Waals surface area contributed by atoms with Crippen molar-refractivity contribution in [3.8, 4) is 0 Å². The maximum absolute atomic E-state index is 11.9. The van der Waals surface area contributed by atoms with Crippen LogP contribution in [0.2, 0.25) is 0 Å². The Bertz CT molecular complexity index is 421. The Morgan fingerprint density at radius 3 is 3.06 bits per heavy atom. The summed E-state index contributed by atoms with van der Waals surface area (Å²) >= 11 is 0. The Kier molecular flexibility index (Phi) is 4.01. The monoisotopic (exact) mass is 250 g/mol. The van der Waals surface area contributed by atoms with E-state index >= 15 is 0 Å². The fraction of sp³-hybridized carbons (Fsp3) is 0.692. The molecule has 2 atom stereocenters. The fourth-order valence-corrected chi connectivity index (χ4v) is 2.47. The molecule has 2 rings (SSSR count). The van der Waals surface area contributed by atoms with Crippen LogP contribution >= 0.6 is 0 Å². The Balaban J connectivity index is 1.88. The van der Waals surface area contributed by atoms with Crippen molar-refractivity contribution in [2.75, 3.05) is 6.54 Å². The predicted molar refractivity (Wildman–Crippen MR) is 70.1 cm³/mol. The van der Waals surface area contributed by atoms with E-state index in [1.54, 1.807) is 0 Å². The Morgan fingerprint density at radius 2 is 2.50 bits per heavy atom. The van der Waals surface area contributed by atoms with Crippen molar-refractivity contribution in [1.29, 1.82) is 0 Å². The molecule has 0 aliphatic carbocycles. The second-order valence-corrected chi connectivity index (χ2v) is 5.10. The van der Waals surface area contributed by atoms with E-state index in [0.717, 1.165) is 24.2 Å². The van der Waals surface area contributed by atoms with Gasteiger partial charge >= 0.3 is 0 Å². The number of aromatic nitrogens is 2. The number of amides is 1. The zero-order valence-corrected chi connectivity index (χ0v) is 11.4. The molecule has 100 valence electrons. The number of aryl methyl sites for hydroxylation is 1. The molecule has 0 saturated carbocycles. The van der Waals surface area contributed by atoms with Gasteiger partial charge in [0.1, 0.15) is 0 Å². The number of hydrogen-bond acceptors (Lipinski definition) is 3. The van der Waals surface area contributed by atoms with Crippen molar-refractivity contribution in [2.45, 2.75) is 45.2 Å². The number of rotatable bonds is 4. The summed E-state index contributed by atoms with van der Waals surface area (Å²) < 4.78 is 1.83. The van der Waals surface area contributed by atoms with Gasteiger partial charge in [0.05, 0.1) is 12.2 Å². The molecule has 1 amide bonds. The number of nitrogens with one attached hydrogen (secondary N) is 2. The Labute approximate surface area is 108 Å². The largest absolute Gasteiger partial charge is 0.349 e. The summed E-state index contributed by atoms with van der Waals surface area (Å²) in [6.07, 6.45) is 4.68. The minimum Gasteiger partial charge on any atom is -0.349 e. The molecule has 2 heterocycles. The first-order valence-electron chi connectivity index (χ1n) is 6.59. The third kappa shape index (κ3) is 2.90. The van der Waals surface area contributed by atoms with Crippen LogP contribution in [-0.4, -0.2) is 28.3 Å². The lowest BCUT2D eigenvalue weighted by Gasteiger charge is -2.16. The van der Waals surface area contributed by atoms with Crippen molar-refractivity contribution in [3.05, 3.63) is 17.5 Å². The molecule has 1 aromatic rings. The van der Waals surface area contributed by atoms with Crippen LogP contribution in [0.1, 0.15) is 43.5 Å². The summed E-state index contributed by atoms with van der Waals surface area (Å²) in [6, 6.07) is 0.375. The topological polar surface area (TPSA) is 59.0 Å². The van der Waals surface area contributed by atoms with Crippen LogP contribution in [0.15, 0.2) is 6.20 Å². The molecular weight excluding hydrogens is 228 g/mol. The van der Waals surface area contributed by atoms with E-state index in [1.807, 2.05) is 31.8 Å². The van der Waals surface area contributed by atoms with Gasteiger partial charge < -0.3 is 10.6 Å². The van der Waals surface area contributed by atoms with Gasteiger partial charge in [-0.25, -0.2) is 0 Å². The van der Waals surface area contributed by atoms with E-state index < -0.39 is 0 Å². The van der Waals surface area contributed by atoms with E-state index in [-0.39, 0.29) is 11.9 Å².